The average molecular weight is 345 g/mol. The first-order valence-corrected chi connectivity index (χ1v) is 9.10. The Hall–Kier alpha value is -1.76. The van der Waals surface area contributed by atoms with Crippen molar-refractivity contribution in [1.29, 1.82) is 0 Å². The number of aromatic nitrogens is 1. The van der Waals surface area contributed by atoms with Gasteiger partial charge in [0, 0.05) is 24.0 Å². The summed E-state index contributed by atoms with van der Waals surface area (Å²) in [6.45, 7) is 3.83. The van der Waals surface area contributed by atoms with Crippen LogP contribution in [0.5, 0.6) is 0 Å². The van der Waals surface area contributed by atoms with Gasteiger partial charge in [-0.2, -0.15) is 0 Å². The summed E-state index contributed by atoms with van der Waals surface area (Å²) >= 11 is 1.51. The Labute approximate surface area is 146 Å². The van der Waals surface area contributed by atoms with Crippen molar-refractivity contribution in [2.24, 2.45) is 0 Å². The largest absolute Gasteiger partial charge is 0.392 e. The Kier molecular flexibility index (Phi) is 5.60. The van der Waals surface area contributed by atoms with Crippen molar-refractivity contribution in [3.63, 3.8) is 0 Å². The molecular formula is C18H23N3O2S. The number of nitrogens with zero attached hydrogens (tertiary/aromatic N) is 2. The molecule has 1 aliphatic rings. The molecule has 1 unspecified atom stereocenters. The first-order valence-electron chi connectivity index (χ1n) is 8.29. The van der Waals surface area contributed by atoms with Crippen LogP contribution in [0.1, 0.15) is 28.8 Å². The molecule has 0 aliphatic carbocycles. The van der Waals surface area contributed by atoms with Gasteiger partial charge in [0.1, 0.15) is 0 Å². The molecule has 24 heavy (non-hydrogen) atoms. The monoisotopic (exact) mass is 345 g/mol. The Morgan fingerprint density at radius 3 is 3.17 bits per heavy atom. The molecule has 0 spiro atoms. The SMILES string of the molecule is Cc1cccc(Cc2cnc(NC(=O)CN3CCCC(O)C3)s2)c1. The van der Waals surface area contributed by atoms with E-state index in [9.17, 15) is 9.90 Å². The number of nitrogens with one attached hydrogen (secondary N) is 1. The lowest BCUT2D eigenvalue weighted by Gasteiger charge is -2.29. The molecule has 1 fully saturated rings. The summed E-state index contributed by atoms with van der Waals surface area (Å²) in [4.78, 5) is 19.6. The molecule has 0 radical (unpaired) electrons. The lowest BCUT2D eigenvalue weighted by molar-refractivity contribution is -0.118. The lowest BCUT2D eigenvalue weighted by Crippen LogP contribution is -2.42. The molecule has 1 aromatic heterocycles. The van der Waals surface area contributed by atoms with Gasteiger partial charge in [-0.05, 0) is 31.9 Å². The van der Waals surface area contributed by atoms with Crippen LogP contribution in [0.25, 0.3) is 0 Å². The molecule has 1 saturated heterocycles. The van der Waals surface area contributed by atoms with Gasteiger partial charge in [-0.3, -0.25) is 9.69 Å². The second-order valence-corrected chi connectivity index (χ2v) is 7.49. The number of anilines is 1. The normalized spacial score (nSPS) is 18.5. The van der Waals surface area contributed by atoms with Crippen LogP contribution in [-0.4, -0.2) is 46.6 Å². The maximum atomic E-state index is 12.1. The molecule has 2 aromatic rings. The first kappa shape index (κ1) is 17.1. The van der Waals surface area contributed by atoms with E-state index in [2.05, 4.69) is 41.5 Å². The summed E-state index contributed by atoms with van der Waals surface area (Å²) in [5.41, 5.74) is 2.49. The van der Waals surface area contributed by atoms with Gasteiger partial charge in [-0.25, -0.2) is 4.98 Å². The first-order chi connectivity index (χ1) is 11.6. The number of piperidine rings is 1. The highest BCUT2D eigenvalue weighted by Gasteiger charge is 2.20. The van der Waals surface area contributed by atoms with Gasteiger partial charge in [0.05, 0.1) is 12.6 Å². The minimum absolute atomic E-state index is 0.0689. The minimum Gasteiger partial charge on any atom is -0.392 e. The number of hydrogen-bond donors (Lipinski definition) is 2. The number of hydrogen-bond acceptors (Lipinski definition) is 5. The second kappa shape index (κ2) is 7.88. The lowest BCUT2D eigenvalue weighted by atomic mass is 10.1. The van der Waals surface area contributed by atoms with E-state index < -0.39 is 0 Å². The maximum absolute atomic E-state index is 12.1. The number of benzene rings is 1. The molecule has 5 nitrogen and oxygen atoms in total. The number of rotatable bonds is 5. The molecular weight excluding hydrogens is 322 g/mol. The van der Waals surface area contributed by atoms with Crippen LogP contribution in [-0.2, 0) is 11.2 Å². The fraction of sp³-hybridized carbons (Fsp3) is 0.444. The summed E-state index contributed by atoms with van der Waals surface area (Å²) in [6.07, 6.45) is 4.10. The number of likely N-dealkylation sites (tertiary alicyclic amines) is 1. The van der Waals surface area contributed by atoms with Crippen LogP contribution in [0.15, 0.2) is 30.5 Å². The van der Waals surface area contributed by atoms with Gasteiger partial charge < -0.3 is 10.4 Å². The molecule has 1 aromatic carbocycles. The van der Waals surface area contributed by atoms with Crippen molar-refractivity contribution in [2.45, 2.75) is 32.3 Å². The third-order valence-electron chi connectivity index (χ3n) is 4.11. The van der Waals surface area contributed by atoms with Crippen LogP contribution >= 0.6 is 11.3 Å². The molecule has 1 atom stereocenters. The fourth-order valence-corrected chi connectivity index (χ4v) is 3.87. The van der Waals surface area contributed by atoms with E-state index in [1.165, 1.54) is 22.5 Å². The summed E-state index contributed by atoms with van der Waals surface area (Å²) < 4.78 is 0. The average Bonchev–Trinajstić information content (AvgIpc) is 2.94. The third kappa shape index (κ3) is 4.87. The van der Waals surface area contributed by atoms with Gasteiger partial charge >= 0.3 is 0 Å². The summed E-state index contributed by atoms with van der Waals surface area (Å²) in [7, 11) is 0. The molecule has 0 saturated carbocycles. The number of carbonyl (C=O) groups is 1. The van der Waals surface area contributed by atoms with Crippen LogP contribution in [0, 0.1) is 6.92 Å². The van der Waals surface area contributed by atoms with Crippen LogP contribution in [0.2, 0.25) is 0 Å². The van der Waals surface area contributed by atoms with Gasteiger partial charge in [0.25, 0.3) is 0 Å². The van der Waals surface area contributed by atoms with E-state index >= 15 is 0 Å². The fourth-order valence-electron chi connectivity index (χ4n) is 3.01. The molecule has 1 aliphatic heterocycles. The van der Waals surface area contributed by atoms with E-state index in [4.69, 9.17) is 0 Å². The van der Waals surface area contributed by atoms with Crippen LogP contribution < -0.4 is 5.32 Å². The standard InChI is InChI=1S/C18H23N3O2S/c1-13-4-2-5-14(8-13)9-16-10-19-18(24-16)20-17(23)12-21-7-3-6-15(22)11-21/h2,4-5,8,10,15,22H,3,6-7,9,11-12H2,1H3,(H,19,20,23). The molecule has 6 heteroatoms. The van der Waals surface area contributed by atoms with Gasteiger partial charge in [-0.1, -0.05) is 29.8 Å². The number of carbonyl (C=O) groups excluding carboxylic acids is 1. The maximum Gasteiger partial charge on any atom is 0.240 e. The summed E-state index contributed by atoms with van der Waals surface area (Å²) in [6, 6.07) is 8.41. The van der Waals surface area contributed by atoms with Gasteiger partial charge in [0.2, 0.25) is 5.91 Å². The number of β-amino-alcohol motifs (C(OH)–C–C–N with tert-alkyl or cyclic N) is 1. The zero-order chi connectivity index (χ0) is 16.9. The van der Waals surface area contributed by atoms with Crippen molar-refractivity contribution < 1.29 is 9.90 Å². The van der Waals surface area contributed by atoms with Crippen molar-refractivity contribution in [3.05, 3.63) is 46.5 Å². The smallest absolute Gasteiger partial charge is 0.240 e. The summed E-state index contributed by atoms with van der Waals surface area (Å²) in [5, 5.41) is 13.2. The molecule has 2 heterocycles. The topological polar surface area (TPSA) is 65.5 Å². The molecule has 1 amide bonds. The van der Waals surface area contributed by atoms with E-state index in [-0.39, 0.29) is 12.0 Å². The summed E-state index contributed by atoms with van der Waals surface area (Å²) in [5.74, 6) is -0.0689. The van der Waals surface area contributed by atoms with Crippen molar-refractivity contribution in [1.82, 2.24) is 9.88 Å². The molecule has 2 N–H and O–H groups in total. The zero-order valence-electron chi connectivity index (χ0n) is 13.9. The van der Waals surface area contributed by atoms with Gasteiger partial charge in [-0.15, -0.1) is 11.3 Å². The van der Waals surface area contributed by atoms with Crippen molar-refractivity contribution in [2.75, 3.05) is 25.0 Å². The third-order valence-corrected chi connectivity index (χ3v) is 5.02. The van der Waals surface area contributed by atoms with Gasteiger partial charge in [0.15, 0.2) is 5.13 Å². The molecule has 128 valence electrons. The zero-order valence-corrected chi connectivity index (χ0v) is 14.7. The Balaban J connectivity index is 1.52. The number of aryl methyl sites for hydroxylation is 1. The highest BCUT2D eigenvalue weighted by molar-refractivity contribution is 7.15. The predicted octanol–water partition coefficient (Wildman–Crippen LogP) is 2.44. The highest BCUT2D eigenvalue weighted by Crippen LogP contribution is 2.21. The van der Waals surface area contributed by atoms with Crippen molar-refractivity contribution >= 4 is 22.4 Å². The Morgan fingerprint density at radius 1 is 1.50 bits per heavy atom. The highest BCUT2D eigenvalue weighted by atomic mass is 32.1. The van der Waals surface area contributed by atoms with E-state index in [1.54, 1.807) is 0 Å². The van der Waals surface area contributed by atoms with Crippen LogP contribution in [0.3, 0.4) is 0 Å². The Morgan fingerprint density at radius 2 is 2.38 bits per heavy atom. The predicted molar refractivity (Wildman–Crippen MR) is 96.4 cm³/mol. The number of thiazole rings is 1. The van der Waals surface area contributed by atoms with E-state index in [0.717, 1.165) is 30.7 Å². The number of aliphatic hydroxyl groups excluding tert-OH is 1. The number of aliphatic hydroxyl groups is 1. The van der Waals surface area contributed by atoms with E-state index in [1.807, 2.05) is 11.1 Å². The van der Waals surface area contributed by atoms with Crippen LogP contribution in [0.4, 0.5) is 5.13 Å². The quantitative estimate of drug-likeness (QED) is 0.873. The minimum atomic E-state index is -0.313. The molecule has 3 rings (SSSR count). The second-order valence-electron chi connectivity index (χ2n) is 6.38. The Bertz CT molecular complexity index is 701. The van der Waals surface area contributed by atoms with E-state index in [0.29, 0.717) is 18.2 Å². The number of amides is 1. The van der Waals surface area contributed by atoms with Crippen molar-refractivity contribution in [3.8, 4) is 0 Å². The molecule has 0 bridgehead atoms.